The van der Waals surface area contributed by atoms with Gasteiger partial charge in [0.25, 0.3) is 0 Å². The third-order valence-electron chi connectivity index (χ3n) is 4.50. The van der Waals surface area contributed by atoms with Crippen molar-refractivity contribution in [2.75, 3.05) is 26.2 Å². The van der Waals surface area contributed by atoms with Crippen LogP contribution in [0.1, 0.15) is 39.2 Å². The Labute approximate surface area is 149 Å². The highest BCUT2D eigenvalue weighted by Gasteiger charge is 2.26. The average molecular weight is 348 g/mol. The molecule has 2 rings (SSSR count). The van der Waals surface area contributed by atoms with Crippen molar-refractivity contribution in [1.29, 1.82) is 0 Å². The first-order valence-electron chi connectivity index (χ1n) is 8.76. The average Bonchev–Trinajstić information content (AvgIpc) is 2.58. The van der Waals surface area contributed by atoms with E-state index >= 15 is 0 Å². The highest BCUT2D eigenvalue weighted by Crippen LogP contribution is 2.24. The summed E-state index contributed by atoms with van der Waals surface area (Å²) in [6, 6.07) is 7.84. The molecular weight excluding hydrogens is 320 g/mol. The number of ether oxygens (including phenoxy) is 1. The van der Waals surface area contributed by atoms with Gasteiger partial charge >= 0.3 is 12.0 Å². The number of amides is 2. The zero-order valence-electron chi connectivity index (χ0n) is 15.2. The van der Waals surface area contributed by atoms with E-state index < -0.39 is 5.97 Å². The van der Waals surface area contributed by atoms with E-state index in [-0.39, 0.29) is 17.4 Å². The lowest BCUT2D eigenvalue weighted by Crippen LogP contribution is -2.46. The molecule has 2 amide bonds. The summed E-state index contributed by atoms with van der Waals surface area (Å²) in [5.74, 6) is -0.320. The van der Waals surface area contributed by atoms with E-state index in [0.717, 1.165) is 5.75 Å². The fourth-order valence-electron chi connectivity index (χ4n) is 2.82. The Morgan fingerprint density at radius 1 is 1.20 bits per heavy atom. The van der Waals surface area contributed by atoms with Crippen molar-refractivity contribution in [1.82, 2.24) is 10.2 Å². The molecule has 6 nitrogen and oxygen atoms in total. The summed E-state index contributed by atoms with van der Waals surface area (Å²) in [6.07, 6.45) is 1.03. The second-order valence-corrected chi connectivity index (χ2v) is 7.45. The topological polar surface area (TPSA) is 78.9 Å². The molecule has 1 saturated heterocycles. The Morgan fingerprint density at radius 2 is 1.80 bits per heavy atom. The quantitative estimate of drug-likeness (QED) is 0.802. The summed E-state index contributed by atoms with van der Waals surface area (Å²) < 4.78 is 5.65. The molecule has 0 spiro atoms. The molecule has 0 aliphatic carbocycles. The van der Waals surface area contributed by atoms with Crippen LogP contribution in [0.3, 0.4) is 0 Å². The van der Waals surface area contributed by atoms with E-state index in [1.54, 1.807) is 4.90 Å². The number of carboxylic acid groups (broad SMARTS) is 1. The number of carboxylic acids is 1. The Kier molecular flexibility index (Phi) is 6.28. The molecule has 1 aromatic carbocycles. The maximum Gasteiger partial charge on any atom is 0.317 e. The summed E-state index contributed by atoms with van der Waals surface area (Å²) in [4.78, 5) is 24.6. The Balaban J connectivity index is 1.67. The number of carbonyl (C=O) groups is 2. The smallest absolute Gasteiger partial charge is 0.317 e. The van der Waals surface area contributed by atoms with E-state index in [4.69, 9.17) is 9.84 Å². The molecule has 25 heavy (non-hydrogen) atoms. The summed E-state index contributed by atoms with van der Waals surface area (Å²) in [5.41, 5.74) is 1.36. The number of urea groups is 1. The first kappa shape index (κ1) is 19.1. The maximum atomic E-state index is 12.1. The minimum absolute atomic E-state index is 0.112. The van der Waals surface area contributed by atoms with Crippen LogP contribution in [0.5, 0.6) is 5.75 Å². The molecule has 1 heterocycles. The van der Waals surface area contributed by atoms with E-state index in [1.165, 1.54) is 5.56 Å². The summed E-state index contributed by atoms with van der Waals surface area (Å²) >= 11 is 0. The zero-order valence-corrected chi connectivity index (χ0v) is 15.2. The number of likely N-dealkylation sites (tertiary alicyclic amines) is 1. The Morgan fingerprint density at radius 3 is 2.32 bits per heavy atom. The molecule has 0 unspecified atom stereocenters. The number of rotatable bonds is 5. The number of aliphatic carboxylic acids is 1. The van der Waals surface area contributed by atoms with Crippen LogP contribution in [0.4, 0.5) is 4.79 Å². The van der Waals surface area contributed by atoms with Crippen molar-refractivity contribution in [3.63, 3.8) is 0 Å². The van der Waals surface area contributed by atoms with Crippen molar-refractivity contribution in [2.45, 2.75) is 39.0 Å². The van der Waals surface area contributed by atoms with E-state index in [9.17, 15) is 9.59 Å². The van der Waals surface area contributed by atoms with Crippen LogP contribution in [0.15, 0.2) is 24.3 Å². The van der Waals surface area contributed by atoms with Crippen LogP contribution in [0.2, 0.25) is 0 Å². The van der Waals surface area contributed by atoms with Gasteiger partial charge in [0.05, 0.1) is 12.5 Å². The standard InChI is InChI=1S/C19H28N2O4/c1-19(2,3)15-4-6-16(7-5-15)25-13-10-20-18(24)21-11-8-14(9-12-21)17(22)23/h4-7,14H,8-13H2,1-3H3,(H,20,24)(H,22,23). The number of nitrogens with one attached hydrogen (secondary N) is 1. The van der Waals surface area contributed by atoms with Crippen LogP contribution in [0.25, 0.3) is 0 Å². The minimum Gasteiger partial charge on any atom is -0.492 e. The highest BCUT2D eigenvalue weighted by molar-refractivity contribution is 5.75. The second kappa shape index (κ2) is 8.23. The molecule has 1 aromatic rings. The molecule has 2 N–H and O–H groups in total. The van der Waals surface area contributed by atoms with Gasteiger partial charge in [0.2, 0.25) is 0 Å². The predicted octanol–water partition coefficient (Wildman–Crippen LogP) is 2.87. The molecule has 6 heteroatoms. The Bertz CT molecular complexity index is 584. The van der Waals surface area contributed by atoms with Crippen molar-refractivity contribution in [2.24, 2.45) is 5.92 Å². The number of nitrogens with zero attached hydrogens (tertiary/aromatic N) is 1. The van der Waals surface area contributed by atoms with Crippen LogP contribution in [0, 0.1) is 5.92 Å². The van der Waals surface area contributed by atoms with Crippen molar-refractivity contribution in [3.05, 3.63) is 29.8 Å². The largest absolute Gasteiger partial charge is 0.492 e. The van der Waals surface area contributed by atoms with Crippen LogP contribution in [-0.2, 0) is 10.2 Å². The van der Waals surface area contributed by atoms with Gasteiger partial charge in [-0.3, -0.25) is 4.79 Å². The Hall–Kier alpha value is -2.24. The van der Waals surface area contributed by atoms with Gasteiger partial charge < -0.3 is 20.1 Å². The number of hydrogen-bond donors (Lipinski definition) is 2. The predicted molar refractivity (Wildman–Crippen MR) is 96.0 cm³/mol. The first-order valence-corrected chi connectivity index (χ1v) is 8.76. The van der Waals surface area contributed by atoms with Gasteiger partial charge in [-0.15, -0.1) is 0 Å². The summed E-state index contributed by atoms with van der Waals surface area (Å²) in [7, 11) is 0. The summed E-state index contributed by atoms with van der Waals surface area (Å²) in [5, 5.41) is 11.8. The molecule has 1 aliphatic rings. The van der Waals surface area contributed by atoms with Gasteiger partial charge in [0.1, 0.15) is 12.4 Å². The third kappa shape index (κ3) is 5.66. The number of benzene rings is 1. The van der Waals surface area contributed by atoms with Gasteiger partial charge in [-0.05, 0) is 36.0 Å². The fourth-order valence-corrected chi connectivity index (χ4v) is 2.82. The van der Waals surface area contributed by atoms with Gasteiger partial charge in [-0.1, -0.05) is 32.9 Å². The minimum atomic E-state index is -0.772. The van der Waals surface area contributed by atoms with Gasteiger partial charge in [0, 0.05) is 13.1 Å². The van der Waals surface area contributed by atoms with Crippen molar-refractivity contribution >= 4 is 12.0 Å². The lowest BCUT2D eigenvalue weighted by Gasteiger charge is -2.30. The molecule has 1 aliphatic heterocycles. The molecule has 0 atom stereocenters. The lowest BCUT2D eigenvalue weighted by atomic mass is 9.87. The van der Waals surface area contributed by atoms with Crippen LogP contribution in [-0.4, -0.2) is 48.2 Å². The monoisotopic (exact) mass is 348 g/mol. The lowest BCUT2D eigenvalue weighted by molar-refractivity contribution is -0.143. The molecule has 0 radical (unpaired) electrons. The fraction of sp³-hybridized carbons (Fsp3) is 0.579. The van der Waals surface area contributed by atoms with E-state index in [0.29, 0.717) is 39.1 Å². The van der Waals surface area contributed by atoms with Crippen LogP contribution >= 0.6 is 0 Å². The van der Waals surface area contributed by atoms with Gasteiger partial charge in [0.15, 0.2) is 0 Å². The van der Waals surface area contributed by atoms with Crippen molar-refractivity contribution in [3.8, 4) is 5.75 Å². The first-order chi connectivity index (χ1) is 11.8. The third-order valence-corrected chi connectivity index (χ3v) is 4.50. The zero-order chi connectivity index (χ0) is 18.4. The van der Waals surface area contributed by atoms with E-state index in [1.807, 2.05) is 12.1 Å². The number of piperidine rings is 1. The van der Waals surface area contributed by atoms with Crippen molar-refractivity contribution < 1.29 is 19.4 Å². The molecule has 0 saturated carbocycles. The van der Waals surface area contributed by atoms with Crippen LogP contribution < -0.4 is 10.1 Å². The molecular formula is C19H28N2O4. The van der Waals surface area contributed by atoms with Gasteiger partial charge in [-0.2, -0.15) is 0 Å². The number of hydrogen-bond acceptors (Lipinski definition) is 3. The second-order valence-electron chi connectivity index (χ2n) is 7.45. The maximum absolute atomic E-state index is 12.1. The van der Waals surface area contributed by atoms with Gasteiger partial charge in [-0.25, -0.2) is 4.79 Å². The highest BCUT2D eigenvalue weighted by atomic mass is 16.5. The SMILES string of the molecule is CC(C)(C)c1ccc(OCCNC(=O)N2CCC(C(=O)O)CC2)cc1. The number of carbonyl (C=O) groups excluding carboxylic acids is 1. The molecule has 0 aromatic heterocycles. The molecule has 0 bridgehead atoms. The van der Waals surface area contributed by atoms with E-state index in [2.05, 4.69) is 38.2 Å². The molecule has 1 fully saturated rings. The normalized spacial score (nSPS) is 15.7. The molecule has 138 valence electrons. The summed E-state index contributed by atoms with van der Waals surface area (Å²) in [6.45, 7) is 8.27.